The lowest BCUT2D eigenvalue weighted by Crippen LogP contribution is -2.17. The average Bonchev–Trinajstić information content (AvgIpc) is 2.84. The first kappa shape index (κ1) is 12.2. The van der Waals surface area contributed by atoms with Gasteiger partial charge in [-0.15, -0.1) is 0 Å². The summed E-state index contributed by atoms with van der Waals surface area (Å²) >= 11 is 0. The van der Waals surface area contributed by atoms with Gasteiger partial charge in [-0.1, -0.05) is 12.1 Å². The van der Waals surface area contributed by atoms with Crippen LogP contribution in [0.15, 0.2) is 40.8 Å². The number of furan rings is 1. The number of hydrogen-bond acceptors (Lipinski definition) is 4. The fourth-order valence-corrected chi connectivity index (χ4v) is 1.70. The zero-order valence-corrected chi connectivity index (χ0v) is 10.1. The van der Waals surface area contributed by atoms with E-state index in [1.807, 2.05) is 25.1 Å². The van der Waals surface area contributed by atoms with Crippen molar-refractivity contribution < 1.29 is 9.52 Å². The van der Waals surface area contributed by atoms with E-state index in [-0.39, 0.29) is 11.8 Å². The van der Waals surface area contributed by atoms with Crippen LogP contribution in [0.2, 0.25) is 0 Å². The van der Waals surface area contributed by atoms with Gasteiger partial charge in [0.15, 0.2) is 0 Å². The van der Waals surface area contributed by atoms with Crippen LogP contribution in [0.4, 0.5) is 0 Å². The van der Waals surface area contributed by atoms with Gasteiger partial charge in [0.05, 0.1) is 6.54 Å². The maximum Gasteiger partial charge on any atom is 0.203 e. The van der Waals surface area contributed by atoms with E-state index in [0.29, 0.717) is 12.3 Å². The Morgan fingerprint density at radius 2 is 2.22 bits per heavy atom. The van der Waals surface area contributed by atoms with Crippen LogP contribution in [0.3, 0.4) is 0 Å². The van der Waals surface area contributed by atoms with Crippen molar-refractivity contribution in [1.82, 2.24) is 5.32 Å². The molecular formula is C14H14N2O2. The normalized spacial score (nSPS) is 12.0. The standard InChI is InChI=1S/C14H14N2O2/c1-10(11-3-2-4-12(17)7-11)16-9-14-6-5-13(8-15)18-14/h2-7,10,16-17H,9H2,1H3. The number of aromatic hydroxyl groups is 1. The second kappa shape index (κ2) is 5.39. The summed E-state index contributed by atoms with van der Waals surface area (Å²) in [4.78, 5) is 0. The van der Waals surface area contributed by atoms with Crippen LogP contribution >= 0.6 is 0 Å². The highest BCUT2D eigenvalue weighted by Gasteiger charge is 2.07. The number of nitrogens with one attached hydrogen (secondary N) is 1. The van der Waals surface area contributed by atoms with Crippen molar-refractivity contribution in [2.75, 3.05) is 0 Å². The lowest BCUT2D eigenvalue weighted by atomic mass is 10.1. The van der Waals surface area contributed by atoms with E-state index in [1.165, 1.54) is 0 Å². The second-order valence-corrected chi connectivity index (χ2v) is 4.08. The Balaban J connectivity index is 1.96. The SMILES string of the molecule is CC(NCc1ccc(C#N)o1)c1cccc(O)c1. The minimum Gasteiger partial charge on any atom is -0.508 e. The van der Waals surface area contributed by atoms with Gasteiger partial charge in [0.2, 0.25) is 5.76 Å². The maximum atomic E-state index is 9.40. The molecule has 0 fully saturated rings. The first-order chi connectivity index (χ1) is 8.69. The molecule has 92 valence electrons. The van der Waals surface area contributed by atoms with Crippen LogP contribution in [-0.2, 0) is 6.54 Å². The van der Waals surface area contributed by atoms with Crippen LogP contribution in [0.5, 0.6) is 5.75 Å². The van der Waals surface area contributed by atoms with Crippen molar-refractivity contribution in [3.63, 3.8) is 0 Å². The van der Waals surface area contributed by atoms with E-state index in [9.17, 15) is 5.11 Å². The molecule has 18 heavy (non-hydrogen) atoms. The van der Waals surface area contributed by atoms with Crippen LogP contribution in [-0.4, -0.2) is 5.11 Å². The van der Waals surface area contributed by atoms with E-state index in [0.717, 1.165) is 11.3 Å². The zero-order valence-electron chi connectivity index (χ0n) is 10.1. The topological polar surface area (TPSA) is 69.2 Å². The highest BCUT2D eigenvalue weighted by Crippen LogP contribution is 2.18. The summed E-state index contributed by atoms with van der Waals surface area (Å²) in [6.45, 7) is 2.54. The molecule has 0 saturated carbocycles. The number of benzene rings is 1. The summed E-state index contributed by atoms with van der Waals surface area (Å²) < 4.78 is 5.27. The number of nitrogens with zero attached hydrogens (tertiary/aromatic N) is 1. The summed E-state index contributed by atoms with van der Waals surface area (Å²) in [7, 11) is 0. The highest BCUT2D eigenvalue weighted by atomic mass is 16.3. The lowest BCUT2D eigenvalue weighted by Gasteiger charge is -2.13. The molecule has 0 aliphatic rings. The van der Waals surface area contributed by atoms with Gasteiger partial charge in [-0.3, -0.25) is 0 Å². The molecule has 2 aromatic rings. The Morgan fingerprint density at radius 3 is 2.89 bits per heavy atom. The molecule has 0 bridgehead atoms. The first-order valence-electron chi connectivity index (χ1n) is 5.70. The van der Waals surface area contributed by atoms with Crippen molar-refractivity contribution in [1.29, 1.82) is 5.26 Å². The third-order valence-corrected chi connectivity index (χ3v) is 2.72. The number of phenols is 1. The van der Waals surface area contributed by atoms with E-state index in [2.05, 4.69) is 5.32 Å². The molecule has 4 nitrogen and oxygen atoms in total. The van der Waals surface area contributed by atoms with Gasteiger partial charge in [0.1, 0.15) is 17.6 Å². The summed E-state index contributed by atoms with van der Waals surface area (Å²) in [5.74, 6) is 1.29. The van der Waals surface area contributed by atoms with Crippen molar-refractivity contribution >= 4 is 0 Å². The van der Waals surface area contributed by atoms with E-state index < -0.39 is 0 Å². The molecule has 0 aliphatic carbocycles. The minimum atomic E-state index is 0.0905. The molecule has 2 N–H and O–H groups in total. The lowest BCUT2D eigenvalue weighted by molar-refractivity contribution is 0.450. The molecule has 1 aromatic heterocycles. The van der Waals surface area contributed by atoms with Crippen molar-refractivity contribution in [3.8, 4) is 11.8 Å². The van der Waals surface area contributed by atoms with Gasteiger partial charge in [-0.2, -0.15) is 5.26 Å². The fourth-order valence-electron chi connectivity index (χ4n) is 1.70. The van der Waals surface area contributed by atoms with Gasteiger partial charge in [0, 0.05) is 6.04 Å². The fraction of sp³-hybridized carbons (Fsp3) is 0.214. The van der Waals surface area contributed by atoms with Crippen LogP contribution < -0.4 is 5.32 Å². The number of phenolic OH excluding ortho intramolecular Hbond substituents is 1. The smallest absolute Gasteiger partial charge is 0.203 e. The maximum absolute atomic E-state index is 9.40. The molecule has 1 atom stereocenters. The molecule has 1 heterocycles. The Labute approximate surface area is 105 Å². The molecule has 0 saturated heterocycles. The summed E-state index contributed by atoms with van der Waals surface area (Å²) in [6.07, 6.45) is 0. The zero-order chi connectivity index (χ0) is 13.0. The van der Waals surface area contributed by atoms with Crippen LogP contribution in [0, 0.1) is 11.3 Å². The summed E-state index contributed by atoms with van der Waals surface area (Å²) in [5.41, 5.74) is 1.00. The van der Waals surface area contributed by atoms with Crippen LogP contribution in [0.1, 0.15) is 30.0 Å². The molecule has 1 unspecified atom stereocenters. The van der Waals surface area contributed by atoms with Gasteiger partial charge in [-0.05, 0) is 36.8 Å². The first-order valence-corrected chi connectivity index (χ1v) is 5.70. The van der Waals surface area contributed by atoms with Gasteiger partial charge in [0.25, 0.3) is 0 Å². The Hall–Kier alpha value is -2.25. The summed E-state index contributed by atoms with van der Waals surface area (Å²) in [5, 5.41) is 21.3. The van der Waals surface area contributed by atoms with E-state index in [4.69, 9.17) is 9.68 Å². The highest BCUT2D eigenvalue weighted by molar-refractivity contribution is 5.29. The molecular weight excluding hydrogens is 228 g/mol. The minimum absolute atomic E-state index is 0.0905. The number of rotatable bonds is 4. The average molecular weight is 242 g/mol. The Kier molecular flexibility index (Phi) is 3.66. The van der Waals surface area contributed by atoms with Crippen molar-refractivity contribution in [2.24, 2.45) is 0 Å². The van der Waals surface area contributed by atoms with Gasteiger partial charge in [-0.25, -0.2) is 0 Å². The third-order valence-electron chi connectivity index (χ3n) is 2.72. The van der Waals surface area contributed by atoms with Gasteiger partial charge >= 0.3 is 0 Å². The monoisotopic (exact) mass is 242 g/mol. The molecule has 0 aliphatic heterocycles. The molecule has 0 spiro atoms. The Morgan fingerprint density at radius 1 is 1.39 bits per heavy atom. The third kappa shape index (κ3) is 2.90. The number of nitriles is 1. The van der Waals surface area contributed by atoms with Gasteiger partial charge < -0.3 is 14.8 Å². The van der Waals surface area contributed by atoms with E-state index in [1.54, 1.807) is 24.3 Å². The Bertz CT molecular complexity index is 569. The predicted molar refractivity (Wildman–Crippen MR) is 66.8 cm³/mol. The largest absolute Gasteiger partial charge is 0.508 e. The predicted octanol–water partition coefficient (Wildman–Crippen LogP) is 2.71. The number of hydrogen-bond donors (Lipinski definition) is 2. The molecule has 1 aromatic carbocycles. The second-order valence-electron chi connectivity index (χ2n) is 4.08. The van der Waals surface area contributed by atoms with Crippen molar-refractivity contribution in [2.45, 2.75) is 19.5 Å². The molecule has 4 heteroatoms. The van der Waals surface area contributed by atoms with Crippen LogP contribution in [0.25, 0.3) is 0 Å². The quantitative estimate of drug-likeness (QED) is 0.864. The summed E-state index contributed by atoms with van der Waals surface area (Å²) in [6, 6.07) is 12.6. The molecule has 0 radical (unpaired) electrons. The molecule has 2 rings (SSSR count). The molecule has 0 amide bonds. The van der Waals surface area contributed by atoms with E-state index >= 15 is 0 Å². The van der Waals surface area contributed by atoms with Crippen molar-refractivity contribution in [3.05, 3.63) is 53.5 Å².